The molecule has 0 radical (unpaired) electrons. The van der Waals surface area contributed by atoms with Gasteiger partial charge in [0.15, 0.2) is 0 Å². The second-order valence-electron chi connectivity index (χ2n) is 6.31. The van der Waals surface area contributed by atoms with E-state index in [9.17, 15) is 4.79 Å². The summed E-state index contributed by atoms with van der Waals surface area (Å²) in [5.74, 6) is -0.122. The normalized spacial score (nSPS) is 11.0. The number of hydrogen-bond acceptors (Lipinski definition) is 4. The molecule has 0 aliphatic carbocycles. The van der Waals surface area contributed by atoms with Crippen LogP contribution in [0.2, 0.25) is 0 Å². The van der Waals surface area contributed by atoms with Crippen molar-refractivity contribution in [2.75, 3.05) is 0 Å². The lowest BCUT2D eigenvalue weighted by atomic mass is 10.1. The molecule has 0 fully saturated rings. The molecular weight excluding hydrogens is 340 g/mol. The van der Waals surface area contributed by atoms with E-state index in [4.69, 9.17) is 0 Å². The third kappa shape index (κ3) is 3.72. The van der Waals surface area contributed by atoms with Crippen molar-refractivity contribution in [2.24, 2.45) is 0 Å². The van der Waals surface area contributed by atoms with Gasteiger partial charge in [-0.25, -0.2) is 4.68 Å². The molecule has 7 heteroatoms. The van der Waals surface area contributed by atoms with Crippen molar-refractivity contribution in [3.05, 3.63) is 77.6 Å². The highest BCUT2D eigenvalue weighted by molar-refractivity contribution is 5.97. The van der Waals surface area contributed by atoms with Gasteiger partial charge in [-0.1, -0.05) is 29.5 Å². The average Bonchev–Trinajstić information content (AvgIpc) is 3.36. The van der Waals surface area contributed by atoms with Crippen LogP contribution in [0.25, 0.3) is 11.0 Å². The largest absolute Gasteiger partial charge is 0.348 e. The molecule has 2 aromatic heterocycles. The van der Waals surface area contributed by atoms with Gasteiger partial charge in [-0.2, -0.15) is 5.10 Å². The summed E-state index contributed by atoms with van der Waals surface area (Å²) >= 11 is 0. The average molecular weight is 360 g/mol. The Hall–Kier alpha value is -3.48. The topological polar surface area (TPSA) is 77.6 Å². The molecule has 0 saturated carbocycles. The first kappa shape index (κ1) is 17.0. The molecule has 0 bridgehead atoms. The third-order valence-corrected chi connectivity index (χ3v) is 4.46. The molecule has 0 spiro atoms. The van der Waals surface area contributed by atoms with E-state index in [-0.39, 0.29) is 5.91 Å². The lowest BCUT2D eigenvalue weighted by molar-refractivity contribution is 0.0951. The van der Waals surface area contributed by atoms with E-state index in [0.29, 0.717) is 12.1 Å². The Balaban J connectivity index is 1.38. The zero-order valence-electron chi connectivity index (χ0n) is 15.0. The van der Waals surface area contributed by atoms with E-state index in [1.807, 2.05) is 46.7 Å². The van der Waals surface area contributed by atoms with E-state index in [2.05, 4.69) is 32.9 Å². The molecule has 4 aromatic rings. The van der Waals surface area contributed by atoms with Crippen LogP contribution in [0.5, 0.6) is 0 Å². The molecule has 0 saturated heterocycles. The third-order valence-electron chi connectivity index (χ3n) is 4.46. The highest BCUT2D eigenvalue weighted by Crippen LogP contribution is 2.14. The summed E-state index contributed by atoms with van der Waals surface area (Å²) in [7, 11) is 0. The van der Waals surface area contributed by atoms with Gasteiger partial charge in [-0.3, -0.25) is 9.48 Å². The predicted octanol–water partition coefficient (Wildman–Crippen LogP) is 2.63. The number of carbonyl (C=O) groups is 1. The van der Waals surface area contributed by atoms with Crippen LogP contribution in [0, 0.1) is 0 Å². The highest BCUT2D eigenvalue weighted by Gasteiger charge is 2.09. The number of nitrogens with one attached hydrogen (secondary N) is 1. The van der Waals surface area contributed by atoms with Crippen molar-refractivity contribution in [3.63, 3.8) is 0 Å². The van der Waals surface area contributed by atoms with E-state index < -0.39 is 0 Å². The summed E-state index contributed by atoms with van der Waals surface area (Å²) in [6.07, 6.45) is 3.70. The maximum Gasteiger partial charge on any atom is 0.251 e. The van der Waals surface area contributed by atoms with Gasteiger partial charge in [-0.05, 0) is 42.3 Å². The molecule has 1 N–H and O–H groups in total. The van der Waals surface area contributed by atoms with Gasteiger partial charge in [-0.15, -0.1) is 5.10 Å². The first-order valence-electron chi connectivity index (χ1n) is 8.89. The fourth-order valence-electron chi connectivity index (χ4n) is 2.97. The van der Waals surface area contributed by atoms with Crippen LogP contribution in [0.3, 0.4) is 0 Å². The molecular formula is C20H20N6O. The number of amides is 1. The summed E-state index contributed by atoms with van der Waals surface area (Å²) < 4.78 is 3.68. The molecule has 0 atom stereocenters. The van der Waals surface area contributed by atoms with Crippen LogP contribution in [-0.4, -0.2) is 30.7 Å². The van der Waals surface area contributed by atoms with E-state index >= 15 is 0 Å². The van der Waals surface area contributed by atoms with Crippen molar-refractivity contribution < 1.29 is 4.79 Å². The fourth-order valence-corrected chi connectivity index (χ4v) is 2.97. The minimum atomic E-state index is -0.122. The van der Waals surface area contributed by atoms with E-state index in [1.165, 1.54) is 5.56 Å². The van der Waals surface area contributed by atoms with Crippen molar-refractivity contribution in [3.8, 4) is 0 Å². The van der Waals surface area contributed by atoms with Gasteiger partial charge in [0.1, 0.15) is 5.52 Å². The lowest BCUT2D eigenvalue weighted by Gasteiger charge is -2.07. The zero-order chi connectivity index (χ0) is 18.6. The van der Waals surface area contributed by atoms with Crippen molar-refractivity contribution >= 4 is 16.9 Å². The summed E-state index contributed by atoms with van der Waals surface area (Å²) in [4.78, 5) is 12.4. The lowest BCUT2D eigenvalue weighted by Crippen LogP contribution is -2.22. The van der Waals surface area contributed by atoms with Gasteiger partial charge >= 0.3 is 0 Å². The molecule has 2 heterocycles. The molecule has 7 nitrogen and oxygen atoms in total. The monoisotopic (exact) mass is 360 g/mol. The summed E-state index contributed by atoms with van der Waals surface area (Å²) in [6.45, 7) is 3.96. The van der Waals surface area contributed by atoms with Crippen molar-refractivity contribution in [1.82, 2.24) is 30.1 Å². The Kier molecular flexibility index (Phi) is 4.65. The number of aromatic nitrogens is 5. The van der Waals surface area contributed by atoms with Crippen LogP contribution in [0.1, 0.15) is 28.4 Å². The van der Waals surface area contributed by atoms with Crippen LogP contribution in [0.15, 0.2) is 60.9 Å². The van der Waals surface area contributed by atoms with Crippen molar-refractivity contribution in [2.45, 2.75) is 26.6 Å². The Bertz CT molecular complexity index is 1050. The second-order valence-corrected chi connectivity index (χ2v) is 6.31. The summed E-state index contributed by atoms with van der Waals surface area (Å²) in [6, 6.07) is 15.5. The summed E-state index contributed by atoms with van der Waals surface area (Å²) in [5.41, 5.74) is 4.46. The molecule has 0 aliphatic heterocycles. The minimum Gasteiger partial charge on any atom is -0.348 e. The number of aryl methyl sites for hydroxylation is 1. The number of benzene rings is 2. The van der Waals surface area contributed by atoms with Crippen molar-refractivity contribution in [1.29, 1.82) is 0 Å². The Morgan fingerprint density at radius 3 is 2.67 bits per heavy atom. The standard InChI is InChI=1S/C20H20N6O/c1-2-26-19-9-8-17(12-18(19)23-24-26)20(27)21-13-15-4-6-16(7-5-15)14-25-11-3-10-22-25/h3-12H,2,13-14H2,1H3,(H,21,27). The highest BCUT2D eigenvalue weighted by atomic mass is 16.1. The smallest absolute Gasteiger partial charge is 0.251 e. The maximum absolute atomic E-state index is 12.4. The van der Waals surface area contributed by atoms with E-state index in [0.717, 1.165) is 29.7 Å². The Morgan fingerprint density at radius 2 is 1.93 bits per heavy atom. The predicted molar refractivity (Wildman–Crippen MR) is 102 cm³/mol. The Labute approximate surface area is 156 Å². The number of carbonyl (C=O) groups excluding carboxylic acids is 1. The minimum absolute atomic E-state index is 0.122. The molecule has 27 heavy (non-hydrogen) atoms. The first-order chi connectivity index (χ1) is 13.2. The van der Waals surface area contributed by atoms with E-state index in [1.54, 1.807) is 18.3 Å². The van der Waals surface area contributed by atoms with Crippen LogP contribution >= 0.6 is 0 Å². The van der Waals surface area contributed by atoms with Crippen LogP contribution in [0.4, 0.5) is 0 Å². The quantitative estimate of drug-likeness (QED) is 0.573. The second kappa shape index (κ2) is 7.41. The SMILES string of the molecule is CCn1nnc2cc(C(=O)NCc3ccc(Cn4cccn4)cc3)ccc21. The van der Waals surface area contributed by atoms with Gasteiger partial charge < -0.3 is 5.32 Å². The fraction of sp³-hybridized carbons (Fsp3) is 0.200. The molecule has 0 aliphatic rings. The number of hydrogen-bond donors (Lipinski definition) is 1. The number of fused-ring (bicyclic) bond motifs is 1. The first-order valence-corrected chi connectivity index (χ1v) is 8.89. The molecule has 0 unspecified atom stereocenters. The molecule has 4 rings (SSSR count). The van der Waals surface area contributed by atoms with Crippen LogP contribution < -0.4 is 5.32 Å². The summed E-state index contributed by atoms with van der Waals surface area (Å²) in [5, 5.41) is 15.3. The Morgan fingerprint density at radius 1 is 1.11 bits per heavy atom. The zero-order valence-corrected chi connectivity index (χ0v) is 15.0. The number of nitrogens with zero attached hydrogens (tertiary/aromatic N) is 5. The molecule has 2 aromatic carbocycles. The van der Waals surface area contributed by atoms with Gasteiger partial charge in [0.05, 0.1) is 12.1 Å². The van der Waals surface area contributed by atoms with Gasteiger partial charge in [0, 0.05) is 31.0 Å². The number of rotatable bonds is 6. The molecule has 1 amide bonds. The maximum atomic E-state index is 12.4. The van der Waals surface area contributed by atoms with Gasteiger partial charge in [0.25, 0.3) is 5.91 Å². The van der Waals surface area contributed by atoms with Crippen LogP contribution in [-0.2, 0) is 19.6 Å². The van der Waals surface area contributed by atoms with Gasteiger partial charge in [0.2, 0.25) is 0 Å². The molecule has 136 valence electrons.